The first-order valence-corrected chi connectivity index (χ1v) is 8.63. The molecule has 27 heavy (non-hydrogen) atoms. The van der Waals surface area contributed by atoms with Crippen LogP contribution in [0, 0.1) is 0 Å². The lowest BCUT2D eigenvalue weighted by Crippen LogP contribution is -2.52. The number of piperidine rings is 1. The molecule has 1 N–H and O–H groups in total. The van der Waals surface area contributed by atoms with Crippen LogP contribution in [0.5, 0.6) is 5.75 Å². The molecule has 4 rings (SSSR count). The molecule has 3 aliphatic rings. The van der Waals surface area contributed by atoms with Crippen molar-refractivity contribution in [2.75, 3.05) is 6.61 Å². The van der Waals surface area contributed by atoms with E-state index in [1.807, 2.05) is 0 Å². The molecule has 3 heterocycles. The van der Waals surface area contributed by atoms with Crippen molar-refractivity contribution in [2.45, 2.75) is 32.4 Å². The average Bonchev–Trinajstić information content (AvgIpc) is 3.13. The summed E-state index contributed by atoms with van der Waals surface area (Å²) in [6, 6.07) is 4.48. The lowest BCUT2D eigenvalue weighted by molar-refractivity contribution is -0.137. The van der Waals surface area contributed by atoms with Gasteiger partial charge < -0.3 is 9.64 Å². The number of ether oxygens (including phenoxy) is 1. The zero-order valence-corrected chi connectivity index (χ0v) is 14.7. The molecule has 0 bridgehead atoms. The number of carbonyl (C=O) groups excluding carboxylic acids is 4. The number of imide groups is 1. The van der Waals surface area contributed by atoms with Crippen LogP contribution in [0.15, 0.2) is 34.8 Å². The van der Waals surface area contributed by atoms with Crippen molar-refractivity contribution in [3.05, 3.63) is 41.0 Å². The Bertz CT molecular complexity index is 947. The van der Waals surface area contributed by atoms with Gasteiger partial charge in [0.25, 0.3) is 11.8 Å². The number of rotatable bonds is 4. The molecule has 1 aromatic rings. The second kappa shape index (κ2) is 6.46. The van der Waals surface area contributed by atoms with Crippen molar-refractivity contribution in [3.63, 3.8) is 0 Å². The highest BCUT2D eigenvalue weighted by molar-refractivity contribution is 6.16. The Morgan fingerprint density at radius 3 is 2.78 bits per heavy atom. The van der Waals surface area contributed by atoms with Crippen LogP contribution in [0.2, 0.25) is 0 Å². The zero-order valence-electron chi connectivity index (χ0n) is 14.7. The maximum atomic E-state index is 12.7. The van der Waals surface area contributed by atoms with Crippen LogP contribution in [0.1, 0.15) is 35.7 Å². The summed E-state index contributed by atoms with van der Waals surface area (Å²) in [7, 11) is 0. The molecule has 4 amide bonds. The van der Waals surface area contributed by atoms with Gasteiger partial charge in [-0.05, 0) is 31.6 Å². The third-order valence-corrected chi connectivity index (χ3v) is 4.88. The van der Waals surface area contributed by atoms with E-state index in [0.29, 0.717) is 34.6 Å². The van der Waals surface area contributed by atoms with E-state index in [1.165, 1.54) is 4.90 Å². The molecule has 3 aliphatic heterocycles. The Balaban J connectivity index is 1.53. The number of fused-ring (bicyclic) bond motifs is 1. The van der Waals surface area contributed by atoms with Crippen LogP contribution in [0.3, 0.4) is 0 Å². The average molecular weight is 367 g/mol. The summed E-state index contributed by atoms with van der Waals surface area (Å²) >= 11 is 0. The molecule has 8 heteroatoms. The number of nitrogens with zero attached hydrogens (tertiary/aromatic N) is 2. The lowest BCUT2D eigenvalue weighted by atomic mass is 10.0. The standard InChI is InChI=1S/C19H17N3O5/c1-10-7-11(20-17(10)24)9-27-15-4-2-3-12-13(15)8-22(19(12)26)14-5-6-16(23)21-18(14)25/h2-4,7,14H,5-6,8-9H2,1H3,(H,21,23,25). The fourth-order valence-electron chi connectivity index (χ4n) is 3.48. The predicted octanol–water partition coefficient (Wildman–Crippen LogP) is 0.754. The van der Waals surface area contributed by atoms with Gasteiger partial charge >= 0.3 is 0 Å². The van der Waals surface area contributed by atoms with Crippen molar-refractivity contribution in [3.8, 4) is 5.75 Å². The fraction of sp³-hybridized carbons (Fsp3) is 0.316. The number of hydrogen-bond donors (Lipinski definition) is 1. The number of aliphatic imine (C=N–C) groups is 1. The molecule has 0 radical (unpaired) electrons. The monoisotopic (exact) mass is 367 g/mol. The van der Waals surface area contributed by atoms with Crippen LogP contribution >= 0.6 is 0 Å². The molecule has 0 aliphatic carbocycles. The summed E-state index contributed by atoms with van der Waals surface area (Å²) < 4.78 is 5.80. The van der Waals surface area contributed by atoms with Gasteiger partial charge in [0, 0.05) is 23.1 Å². The number of carbonyl (C=O) groups is 4. The summed E-state index contributed by atoms with van der Waals surface area (Å²) in [5, 5.41) is 2.28. The Morgan fingerprint density at radius 2 is 2.07 bits per heavy atom. The summed E-state index contributed by atoms with van der Waals surface area (Å²) in [5.74, 6) is -0.780. The largest absolute Gasteiger partial charge is 0.487 e. The van der Waals surface area contributed by atoms with Crippen molar-refractivity contribution < 1.29 is 23.9 Å². The van der Waals surface area contributed by atoms with Crippen LogP contribution in [-0.2, 0) is 20.9 Å². The number of nitrogens with one attached hydrogen (secondary N) is 1. The second-order valence-electron chi connectivity index (χ2n) is 6.71. The molecule has 1 fully saturated rings. The summed E-state index contributed by atoms with van der Waals surface area (Å²) in [6.07, 6.45) is 2.19. The normalized spacial score (nSPS) is 21.8. The minimum Gasteiger partial charge on any atom is -0.487 e. The molecule has 8 nitrogen and oxygen atoms in total. The first-order valence-electron chi connectivity index (χ1n) is 8.63. The van der Waals surface area contributed by atoms with Crippen LogP contribution in [0.25, 0.3) is 0 Å². The quantitative estimate of drug-likeness (QED) is 0.791. The Labute approximate surface area is 154 Å². The van der Waals surface area contributed by atoms with Gasteiger partial charge in [0.15, 0.2) is 0 Å². The summed E-state index contributed by atoms with van der Waals surface area (Å²) in [6.45, 7) is 2.04. The first-order chi connectivity index (χ1) is 12.9. The zero-order chi connectivity index (χ0) is 19.1. The molecule has 1 atom stereocenters. The minimum atomic E-state index is -0.669. The van der Waals surface area contributed by atoms with Gasteiger partial charge in [0.2, 0.25) is 11.8 Å². The fourth-order valence-corrected chi connectivity index (χ4v) is 3.48. The van der Waals surface area contributed by atoms with Gasteiger partial charge in [0.1, 0.15) is 18.4 Å². The Morgan fingerprint density at radius 1 is 1.26 bits per heavy atom. The lowest BCUT2D eigenvalue weighted by Gasteiger charge is -2.29. The van der Waals surface area contributed by atoms with Gasteiger partial charge in [-0.1, -0.05) is 6.07 Å². The van der Waals surface area contributed by atoms with E-state index in [1.54, 1.807) is 31.2 Å². The third-order valence-electron chi connectivity index (χ3n) is 4.88. The Kier molecular flexibility index (Phi) is 4.10. The Hall–Kier alpha value is -3.29. The van der Waals surface area contributed by atoms with Gasteiger partial charge in [0.05, 0.1) is 12.3 Å². The van der Waals surface area contributed by atoms with Crippen molar-refractivity contribution in [1.82, 2.24) is 10.2 Å². The van der Waals surface area contributed by atoms with Crippen molar-refractivity contribution >= 4 is 29.3 Å². The molecule has 0 aromatic heterocycles. The number of amides is 4. The molecule has 1 aromatic carbocycles. The summed E-state index contributed by atoms with van der Waals surface area (Å²) in [5.41, 5.74) is 2.26. The van der Waals surface area contributed by atoms with E-state index in [-0.39, 0.29) is 37.3 Å². The molecule has 1 saturated heterocycles. The van der Waals surface area contributed by atoms with E-state index >= 15 is 0 Å². The van der Waals surface area contributed by atoms with E-state index in [0.717, 1.165) is 0 Å². The molecule has 138 valence electrons. The van der Waals surface area contributed by atoms with Crippen LogP contribution in [-0.4, -0.2) is 46.9 Å². The van der Waals surface area contributed by atoms with Gasteiger partial charge in [-0.25, -0.2) is 4.99 Å². The van der Waals surface area contributed by atoms with E-state index in [4.69, 9.17) is 4.74 Å². The van der Waals surface area contributed by atoms with Crippen LogP contribution < -0.4 is 10.1 Å². The topological polar surface area (TPSA) is 105 Å². The highest BCUT2D eigenvalue weighted by atomic mass is 16.5. The van der Waals surface area contributed by atoms with Crippen molar-refractivity contribution in [2.24, 2.45) is 4.99 Å². The second-order valence-corrected chi connectivity index (χ2v) is 6.71. The molecular formula is C19H17N3O5. The molecule has 0 spiro atoms. The van der Waals surface area contributed by atoms with Crippen LogP contribution in [0.4, 0.5) is 0 Å². The van der Waals surface area contributed by atoms with Gasteiger partial charge in [-0.15, -0.1) is 0 Å². The minimum absolute atomic E-state index is 0.117. The number of benzene rings is 1. The number of hydrogen-bond acceptors (Lipinski definition) is 5. The maximum Gasteiger partial charge on any atom is 0.273 e. The first kappa shape index (κ1) is 17.1. The van der Waals surface area contributed by atoms with E-state index in [2.05, 4.69) is 10.3 Å². The highest BCUT2D eigenvalue weighted by Crippen LogP contribution is 2.33. The molecule has 1 unspecified atom stereocenters. The predicted molar refractivity (Wildman–Crippen MR) is 94.2 cm³/mol. The third kappa shape index (κ3) is 3.03. The van der Waals surface area contributed by atoms with Gasteiger partial charge in [-0.2, -0.15) is 0 Å². The smallest absolute Gasteiger partial charge is 0.273 e. The van der Waals surface area contributed by atoms with Gasteiger partial charge in [-0.3, -0.25) is 24.5 Å². The SMILES string of the molecule is CC1=CC(COc2cccc3c2CN(C2CCC(=O)NC2=O)C3=O)=NC1=O. The molecule has 0 saturated carbocycles. The molecular weight excluding hydrogens is 350 g/mol. The van der Waals surface area contributed by atoms with E-state index < -0.39 is 11.9 Å². The maximum absolute atomic E-state index is 12.7. The van der Waals surface area contributed by atoms with Crippen molar-refractivity contribution in [1.29, 1.82) is 0 Å². The highest BCUT2D eigenvalue weighted by Gasteiger charge is 2.40. The van der Waals surface area contributed by atoms with E-state index in [9.17, 15) is 19.2 Å². The summed E-state index contributed by atoms with van der Waals surface area (Å²) in [4.78, 5) is 53.1.